The van der Waals surface area contributed by atoms with Gasteiger partial charge in [0.05, 0.1) is 12.6 Å². The third-order valence-corrected chi connectivity index (χ3v) is 2.35. The Balaban J connectivity index is 2.37. The monoisotopic (exact) mass is 183 g/mol. The molecular weight excluding hydrogens is 174 g/mol. The SMILES string of the molecule is ClNC1CCOc2ccccc21. The fourth-order valence-electron chi connectivity index (χ4n) is 1.46. The van der Waals surface area contributed by atoms with E-state index in [0.29, 0.717) is 0 Å². The normalized spacial score (nSPS) is 21.2. The predicted molar refractivity (Wildman–Crippen MR) is 48.3 cm³/mol. The van der Waals surface area contributed by atoms with E-state index in [-0.39, 0.29) is 6.04 Å². The maximum absolute atomic E-state index is 5.60. The highest BCUT2D eigenvalue weighted by molar-refractivity contribution is 6.13. The van der Waals surface area contributed by atoms with Crippen LogP contribution in [-0.4, -0.2) is 6.61 Å². The molecule has 2 nitrogen and oxygen atoms in total. The van der Waals surface area contributed by atoms with Crippen LogP contribution >= 0.6 is 11.8 Å². The summed E-state index contributed by atoms with van der Waals surface area (Å²) in [5.41, 5.74) is 1.15. The molecule has 1 heterocycles. The van der Waals surface area contributed by atoms with Crippen molar-refractivity contribution in [2.75, 3.05) is 6.61 Å². The third kappa shape index (κ3) is 1.28. The number of nitrogens with one attached hydrogen (secondary N) is 1. The second-order valence-electron chi connectivity index (χ2n) is 2.84. The zero-order chi connectivity index (χ0) is 8.39. The van der Waals surface area contributed by atoms with Crippen LogP contribution in [0.15, 0.2) is 24.3 Å². The summed E-state index contributed by atoms with van der Waals surface area (Å²) < 4.78 is 5.46. The topological polar surface area (TPSA) is 21.3 Å². The molecule has 0 fully saturated rings. The molecule has 0 spiro atoms. The predicted octanol–water partition coefficient (Wildman–Crippen LogP) is 2.25. The minimum absolute atomic E-state index is 0.233. The van der Waals surface area contributed by atoms with Crippen LogP contribution in [0.1, 0.15) is 18.0 Å². The first kappa shape index (κ1) is 7.90. The minimum Gasteiger partial charge on any atom is -0.493 e. The van der Waals surface area contributed by atoms with Gasteiger partial charge >= 0.3 is 0 Å². The highest BCUT2D eigenvalue weighted by Gasteiger charge is 2.19. The standard InChI is InChI=1S/C9H10ClNO/c10-11-8-5-6-12-9-4-2-1-3-7(8)9/h1-4,8,11H,5-6H2. The molecule has 0 saturated heterocycles. The summed E-state index contributed by atoms with van der Waals surface area (Å²) in [7, 11) is 0. The van der Waals surface area contributed by atoms with Crippen molar-refractivity contribution >= 4 is 11.8 Å². The van der Waals surface area contributed by atoms with Crippen molar-refractivity contribution in [1.82, 2.24) is 4.84 Å². The summed E-state index contributed by atoms with van der Waals surface area (Å²) >= 11 is 5.60. The summed E-state index contributed by atoms with van der Waals surface area (Å²) in [6, 6.07) is 8.20. The first-order valence-corrected chi connectivity index (χ1v) is 4.37. The van der Waals surface area contributed by atoms with E-state index in [0.717, 1.165) is 24.3 Å². The number of rotatable bonds is 1. The number of para-hydroxylation sites is 1. The number of hydrogen-bond acceptors (Lipinski definition) is 2. The molecule has 1 N–H and O–H groups in total. The Kier molecular flexibility index (Phi) is 2.19. The fraction of sp³-hybridized carbons (Fsp3) is 0.333. The first-order chi connectivity index (χ1) is 5.92. The van der Waals surface area contributed by atoms with Gasteiger partial charge in [-0.05, 0) is 17.8 Å². The maximum Gasteiger partial charge on any atom is 0.124 e. The zero-order valence-corrected chi connectivity index (χ0v) is 7.34. The molecule has 1 atom stereocenters. The van der Waals surface area contributed by atoms with Crippen molar-refractivity contribution in [3.8, 4) is 5.75 Å². The number of benzene rings is 1. The molecular formula is C9H10ClNO. The molecule has 64 valence electrons. The molecule has 1 aromatic rings. The molecule has 0 saturated carbocycles. The lowest BCUT2D eigenvalue weighted by Gasteiger charge is -2.24. The van der Waals surface area contributed by atoms with Gasteiger partial charge in [-0.3, -0.25) is 0 Å². The molecule has 2 rings (SSSR count). The largest absolute Gasteiger partial charge is 0.493 e. The highest BCUT2D eigenvalue weighted by atomic mass is 35.5. The van der Waals surface area contributed by atoms with Crippen LogP contribution in [0.3, 0.4) is 0 Å². The maximum atomic E-state index is 5.60. The number of ether oxygens (including phenoxy) is 1. The van der Waals surface area contributed by atoms with E-state index in [1.807, 2.05) is 24.3 Å². The molecule has 0 radical (unpaired) electrons. The quantitative estimate of drug-likeness (QED) is 0.675. The minimum atomic E-state index is 0.233. The van der Waals surface area contributed by atoms with Crippen molar-refractivity contribution < 1.29 is 4.74 Å². The number of hydrogen-bond donors (Lipinski definition) is 1. The van der Waals surface area contributed by atoms with Crippen LogP contribution in [0.5, 0.6) is 5.75 Å². The van der Waals surface area contributed by atoms with Gasteiger partial charge in [0.2, 0.25) is 0 Å². The molecule has 3 heteroatoms. The Morgan fingerprint density at radius 1 is 1.42 bits per heavy atom. The van der Waals surface area contributed by atoms with Crippen LogP contribution < -0.4 is 9.57 Å². The second-order valence-corrected chi connectivity index (χ2v) is 3.05. The van der Waals surface area contributed by atoms with Gasteiger partial charge in [0.1, 0.15) is 5.75 Å². The van der Waals surface area contributed by atoms with Crippen LogP contribution in [0.4, 0.5) is 0 Å². The molecule has 0 amide bonds. The Morgan fingerprint density at radius 3 is 3.08 bits per heavy atom. The molecule has 1 aliphatic heterocycles. The van der Waals surface area contributed by atoms with Gasteiger partial charge in [-0.25, -0.2) is 4.84 Å². The van der Waals surface area contributed by atoms with Crippen molar-refractivity contribution in [2.45, 2.75) is 12.5 Å². The molecule has 12 heavy (non-hydrogen) atoms. The molecule has 0 bridgehead atoms. The lowest BCUT2D eigenvalue weighted by Crippen LogP contribution is -2.20. The number of fused-ring (bicyclic) bond motifs is 1. The Hall–Kier alpha value is -0.730. The molecule has 1 unspecified atom stereocenters. The van der Waals surface area contributed by atoms with Gasteiger partial charge in [-0.15, -0.1) is 0 Å². The van der Waals surface area contributed by atoms with E-state index in [4.69, 9.17) is 16.5 Å². The molecule has 0 aromatic heterocycles. The highest BCUT2D eigenvalue weighted by Crippen LogP contribution is 2.31. The zero-order valence-electron chi connectivity index (χ0n) is 6.59. The van der Waals surface area contributed by atoms with Crippen molar-refractivity contribution in [2.24, 2.45) is 0 Å². The third-order valence-electron chi connectivity index (χ3n) is 2.09. The van der Waals surface area contributed by atoms with E-state index in [9.17, 15) is 0 Å². The number of halogens is 1. The summed E-state index contributed by atoms with van der Waals surface area (Å²) in [5.74, 6) is 0.946. The fourth-order valence-corrected chi connectivity index (χ4v) is 1.68. The Bertz CT molecular complexity index is 277. The van der Waals surface area contributed by atoms with Crippen molar-refractivity contribution in [3.05, 3.63) is 29.8 Å². The second kappa shape index (κ2) is 3.33. The van der Waals surface area contributed by atoms with E-state index in [1.165, 1.54) is 0 Å². The molecule has 0 aliphatic carbocycles. The van der Waals surface area contributed by atoms with Gasteiger partial charge < -0.3 is 4.74 Å². The van der Waals surface area contributed by atoms with Crippen LogP contribution in [0.25, 0.3) is 0 Å². The van der Waals surface area contributed by atoms with E-state index in [2.05, 4.69) is 4.84 Å². The lowest BCUT2D eigenvalue weighted by molar-refractivity contribution is 0.264. The summed E-state index contributed by atoms with van der Waals surface area (Å²) in [6.07, 6.45) is 0.931. The van der Waals surface area contributed by atoms with Crippen LogP contribution in [-0.2, 0) is 0 Å². The van der Waals surface area contributed by atoms with E-state index in [1.54, 1.807) is 0 Å². The van der Waals surface area contributed by atoms with E-state index < -0.39 is 0 Å². The van der Waals surface area contributed by atoms with Gasteiger partial charge in [0.15, 0.2) is 0 Å². The Labute approximate surface area is 76.6 Å². The van der Waals surface area contributed by atoms with Gasteiger partial charge in [0.25, 0.3) is 0 Å². The van der Waals surface area contributed by atoms with Gasteiger partial charge in [-0.2, -0.15) is 0 Å². The lowest BCUT2D eigenvalue weighted by atomic mass is 10.0. The van der Waals surface area contributed by atoms with Crippen molar-refractivity contribution in [1.29, 1.82) is 0 Å². The smallest absolute Gasteiger partial charge is 0.124 e. The summed E-state index contributed by atoms with van der Waals surface area (Å²) in [5, 5.41) is 0. The average molecular weight is 184 g/mol. The van der Waals surface area contributed by atoms with E-state index >= 15 is 0 Å². The van der Waals surface area contributed by atoms with Gasteiger partial charge in [0, 0.05) is 12.0 Å². The van der Waals surface area contributed by atoms with Crippen LogP contribution in [0.2, 0.25) is 0 Å². The molecule has 1 aromatic carbocycles. The summed E-state index contributed by atoms with van der Waals surface area (Å²) in [6.45, 7) is 0.738. The molecule has 1 aliphatic rings. The summed E-state index contributed by atoms with van der Waals surface area (Å²) in [4.78, 5) is 2.75. The van der Waals surface area contributed by atoms with Gasteiger partial charge in [-0.1, -0.05) is 18.2 Å². The van der Waals surface area contributed by atoms with Crippen molar-refractivity contribution in [3.63, 3.8) is 0 Å². The average Bonchev–Trinajstić information content (AvgIpc) is 2.17. The van der Waals surface area contributed by atoms with Crippen LogP contribution in [0, 0.1) is 0 Å². The Morgan fingerprint density at radius 2 is 2.25 bits per heavy atom. The first-order valence-electron chi connectivity index (χ1n) is 3.99.